The van der Waals surface area contributed by atoms with Crippen molar-refractivity contribution in [3.05, 3.63) is 23.3 Å². The van der Waals surface area contributed by atoms with Gasteiger partial charge in [0.1, 0.15) is 6.29 Å². The molecule has 0 rings (SSSR count). The molecule has 80 valence electrons. The first-order chi connectivity index (χ1) is 6.70. The van der Waals surface area contributed by atoms with Crippen LogP contribution >= 0.6 is 0 Å². The van der Waals surface area contributed by atoms with Crippen LogP contribution in [0.25, 0.3) is 0 Å². The highest BCUT2D eigenvalue weighted by atomic mass is 16.1. The predicted octanol–water partition coefficient (Wildman–Crippen LogP) is 4.05. The van der Waals surface area contributed by atoms with Crippen LogP contribution in [-0.4, -0.2) is 6.29 Å². The average molecular weight is 194 g/mol. The molecule has 0 saturated heterocycles. The minimum atomic E-state index is 0.910. The zero-order valence-corrected chi connectivity index (χ0v) is 9.68. The third-order valence-electron chi connectivity index (χ3n) is 2.17. The molecule has 1 nitrogen and oxygen atoms in total. The van der Waals surface area contributed by atoms with E-state index in [0.29, 0.717) is 0 Å². The molecule has 0 bridgehead atoms. The highest BCUT2D eigenvalue weighted by Gasteiger charge is 1.95. The SMILES string of the molecule is CCCC/C(=C\C=O)CCC=C(C)C. The molecule has 1 heteroatoms. The fraction of sp³-hybridized carbons (Fsp3) is 0.615. The first-order valence-corrected chi connectivity index (χ1v) is 5.47. The van der Waals surface area contributed by atoms with Gasteiger partial charge in [-0.2, -0.15) is 0 Å². The molecular weight excluding hydrogens is 172 g/mol. The van der Waals surface area contributed by atoms with E-state index in [1.807, 2.05) is 0 Å². The van der Waals surface area contributed by atoms with E-state index in [1.165, 1.54) is 24.0 Å². The zero-order valence-electron chi connectivity index (χ0n) is 9.68. The Morgan fingerprint density at radius 1 is 1.21 bits per heavy atom. The van der Waals surface area contributed by atoms with Gasteiger partial charge in [0, 0.05) is 0 Å². The summed E-state index contributed by atoms with van der Waals surface area (Å²) < 4.78 is 0. The van der Waals surface area contributed by atoms with Crippen LogP contribution in [0.3, 0.4) is 0 Å². The normalized spacial score (nSPS) is 11.2. The van der Waals surface area contributed by atoms with Crippen LogP contribution in [0.1, 0.15) is 52.9 Å². The highest BCUT2D eigenvalue weighted by Crippen LogP contribution is 2.14. The molecule has 14 heavy (non-hydrogen) atoms. The molecule has 0 aliphatic rings. The minimum Gasteiger partial charge on any atom is -0.299 e. The number of aldehydes is 1. The second kappa shape index (κ2) is 8.74. The maximum Gasteiger partial charge on any atom is 0.142 e. The van der Waals surface area contributed by atoms with Gasteiger partial charge in [-0.1, -0.05) is 30.6 Å². The predicted molar refractivity (Wildman–Crippen MR) is 62.3 cm³/mol. The summed E-state index contributed by atoms with van der Waals surface area (Å²) in [6.07, 6.45) is 10.4. The number of hydrogen-bond acceptors (Lipinski definition) is 1. The number of hydrogen-bond donors (Lipinski definition) is 0. The topological polar surface area (TPSA) is 17.1 Å². The van der Waals surface area contributed by atoms with Crippen molar-refractivity contribution in [2.75, 3.05) is 0 Å². The molecule has 0 heterocycles. The lowest BCUT2D eigenvalue weighted by Gasteiger charge is -2.03. The van der Waals surface area contributed by atoms with Gasteiger partial charge in [0.05, 0.1) is 0 Å². The molecule has 0 aromatic heterocycles. The lowest BCUT2D eigenvalue weighted by Crippen LogP contribution is -1.85. The van der Waals surface area contributed by atoms with Gasteiger partial charge in [-0.25, -0.2) is 0 Å². The summed E-state index contributed by atoms with van der Waals surface area (Å²) >= 11 is 0. The van der Waals surface area contributed by atoms with Gasteiger partial charge >= 0.3 is 0 Å². The lowest BCUT2D eigenvalue weighted by atomic mass is 10.0. The van der Waals surface area contributed by atoms with E-state index in [-0.39, 0.29) is 0 Å². The van der Waals surface area contributed by atoms with Crippen molar-refractivity contribution in [3.8, 4) is 0 Å². The van der Waals surface area contributed by atoms with Crippen molar-refractivity contribution in [2.24, 2.45) is 0 Å². The van der Waals surface area contributed by atoms with Crippen molar-refractivity contribution < 1.29 is 4.79 Å². The largest absolute Gasteiger partial charge is 0.299 e. The van der Waals surface area contributed by atoms with E-state index in [4.69, 9.17) is 0 Å². The Kier molecular flexibility index (Phi) is 8.20. The second-order valence-corrected chi connectivity index (χ2v) is 3.88. The maximum atomic E-state index is 10.4. The summed E-state index contributed by atoms with van der Waals surface area (Å²) in [6, 6.07) is 0. The fourth-order valence-corrected chi connectivity index (χ4v) is 1.34. The van der Waals surface area contributed by atoms with Gasteiger partial charge < -0.3 is 0 Å². The molecule has 0 saturated carbocycles. The summed E-state index contributed by atoms with van der Waals surface area (Å²) in [5, 5.41) is 0. The highest BCUT2D eigenvalue weighted by molar-refractivity contribution is 5.66. The smallest absolute Gasteiger partial charge is 0.142 e. The summed E-state index contributed by atoms with van der Waals surface area (Å²) in [5.41, 5.74) is 2.64. The van der Waals surface area contributed by atoms with Gasteiger partial charge in [0.25, 0.3) is 0 Å². The fourth-order valence-electron chi connectivity index (χ4n) is 1.34. The monoisotopic (exact) mass is 194 g/mol. The van der Waals surface area contributed by atoms with Crippen molar-refractivity contribution in [2.45, 2.75) is 52.9 Å². The molecular formula is C13H22O. The van der Waals surface area contributed by atoms with E-state index in [9.17, 15) is 4.79 Å². The van der Waals surface area contributed by atoms with Crippen molar-refractivity contribution >= 4 is 6.29 Å². The van der Waals surface area contributed by atoms with Crippen molar-refractivity contribution in [3.63, 3.8) is 0 Å². The Hall–Kier alpha value is -0.850. The Labute approximate surface area is 87.9 Å². The standard InChI is InChI=1S/C13H22O/c1-4-5-8-13(10-11-14)9-6-7-12(2)3/h7,10-11H,4-6,8-9H2,1-3H3/b13-10+. The molecule has 0 aliphatic carbocycles. The number of allylic oxidation sites excluding steroid dienone is 4. The molecule has 0 spiro atoms. The number of rotatable bonds is 7. The van der Waals surface area contributed by atoms with Gasteiger partial charge in [-0.15, -0.1) is 0 Å². The van der Waals surface area contributed by atoms with E-state index in [0.717, 1.165) is 25.5 Å². The lowest BCUT2D eigenvalue weighted by molar-refractivity contribution is -0.104. The quantitative estimate of drug-likeness (QED) is 0.339. The third-order valence-corrected chi connectivity index (χ3v) is 2.17. The summed E-state index contributed by atoms with van der Waals surface area (Å²) in [5.74, 6) is 0. The number of carbonyl (C=O) groups is 1. The molecule has 0 aliphatic heterocycles. The molecule has 0 aromatic carbocycles. The van der Waals surface area contributed by atoms with E-state index in [2.05, 4.69) is 26.8 Å². The van der Waals surface area contributed by atoms with Crippen molar-refractivity contribution in [1.29, 1.82) is 0 Å². The molecule has 0 unspecified atom stereocenters. The Bertz CT molecular complexity index is 207. The number of unbranched alkanes of at least 4 members (excludes halogenated alkanes) is 1. The van der Waals surface area contributed by atoms with E-state index < -0.39 is 0 Å². The Balaban J connectivity index is 3.91. The van der Waals surface area contributed by atoms with Gasteiger partial charge in [0.2, 0.25) is 0 Å². The van der Waals surface area contributed by atoms with Crippen LogP contribution in [0, 0.1) is 0 Å². The van der Waals surface area contributed by atoms with Crippen LogP contribution < -0.4 is 0 Å². The second-order valence-electron chi connectivity index (χ2n) is 3.88. The number of carbonyl (C=O) groups excluding carboxylic acids is 1. The molecule has 0 amide bonds. The Morgan fingerprint density at radius 2 is 1.93 bits per heavy atom. The molecule has 0 fully saturated rings. The van der Waals surface area contributed by atoms with Crippen LogP contribution in [0.2, 0.25) is 0 Å². The van der Waals surface area contributed by atoms with Crippen LogP contribution in [-0.2, 0) is 4.79 Å². The zero-order chi connectivity index (χ0) is 10.8. The minimum absolute atomic E-state index is 0.910. The van der Waals surface area contributed by atoms with E-state index >= 15 is 0 Å². The molecule has 0 radical (unpaired) electrons. The summed E-state index contributed by atoms with van der Waals surface area (Å²) in [4.78, 5) is 10.4. The average Bonchev–Trinajstić information content (AvgIpc) is 2.13. The van der Waals surface area contributed by atoms with E-state index in [1.54, 1.807) is 6.08 Å². The first-order valence-electron chi connectivity index (χ1n) is 5.47. The third kappa shape index (κ3) is 7.78. The first kappa shape index (κ1) is 13.2. The van der Waals surface area contributed by atoms with Crippen LogP contribution in [0.4, 0.5) is 0 Å². The van der Waals surface area contributed by atoms with Gasteiger partial charge in [-0.05, 0) is 45.6 Å². The van der Waals surface area contributed by atoms with Gasteiger partial charge in [-0.3, -0.25) is 4.79 Å². The summed E-state index contributed by atoms with van der Waals surface area (Å²) in [6.45, 7) is 6.39. The van der Waals surface area contributed by atoms with Gasteiger partial charge in [0.15, 0.2) is 0 Å². The molecule has 0 N–H and O–H groups in total. The van der Waals surface area contributed by atoms with Crippen LogP contribution in [0.5, 0.6) is 0 Å². The van der Waals surface area contributed by atoms with Crippen molar-refractivity contribution in [1.82, 2.24) is 0 Å². The van der Waals surface area contributed by atoms with Crippen LogP contribution in [0.15, 0.2) is 23.3 Å². The Morgan fingerprint density at radius 3 is 2.43 bits per heavy atom. The summed E-state index contributed by atoms with van der Waals surface area (Å²) in [7, 11) is 0. The maximum absolute atomic E-state index is 10.4. The molecule has 0 aromatic rings. The molecule has 0 atom stereocenters.